The fourth-order valence-electron chi connectivity index (χ4n) is 4.37. The number of ether oxygens (including phenoxy) is 1. The van der Waals surface area contributed by atoms with Crippen LogP contribution in [0.5, 0.6) is 0 Å². The molecular formula is C26H33Cl2NO3S. The van der Waals surface area contributed by atoms with Crippen molar-refractivity contribution in [3.63, 3.8) is 0 Å². The van der Waals surface area contributed by atoms with Crippen LogP contribution in [-0.2, 0) is 9.53 Å². The molecule has 180 valence electrons. The van der Waals surface area contributed by atoms with Gasteiger partial charge in [-0.1, -0.05) is 81.1 Å². The Morgan fingerprint density at radius 3 is 2.42 bits per heavy atom. The second-order valence-corrected chi connectivity index (χ2v) is 12.5. The summed E-state index contributed by atoms with van der Waals surface area (Å²) in [4.78, 5) is 11.4. The van der Waals surface area contributed by atoms with Crippen molar-refractivity contribution in [2.45, 2.75) is 74.6 Å². The molecular weight excluding hydrogens is 477 g/mol. The number of hydrogen-bond acceptors (Lipinski definition) is 4. The van der Waals surface area contributed by atoms with Crippen molar-refractivity contribution in [1.29, 1.82) is 0 Å². The molecule has 0 aromatic heterocycles. The van der Waals surface area contributed by atoms with Gasteiger partial charge < -0.3 is 15.2 Å². The smallest absolute Gasteiger partial charge is 0.329 e. The van der Waals surface area contributed by atoms with Crippen LogP contribution in [-0.4, -0.2) is 33.7 Å². The van der Waals surface area contributed by atoms with Gasteiger partial charge in [-0.05, 0) is 48.2 Å². The quantitative estimate of drug-likeness (QED) is 0.371. The summed E-state index contributed by atoms with van der Waals surface area (Å²) >= 11 is 14.5. The predicted octanol–water partition coefficient (Wildman–Crippen LogP) is 7.31. The van der Waals surface area contributed by atoms with Crippen LogP contribution in [0.4, 0.5) is 0 Å². The molecule has 2 N–H and O–H groups in total. The standard InChI is InChI=1S/C26H33Cl2NO3S/c1-26(2,3)33-22-10-5-4-9-21(22)29-24(17-11-13-19(27)14-12-17)25(32-16-23(30)31)18-7-6-8-20(28)15-18/h6-8,11-15,21-22,24-25,29H,4-5,9-10,16H2,1-3H3,(H,30,31)/t21-,22-,24+,25+/m0/s1. The van der Waals surface area contributed by atoms with E-state index < -0.39 is 18.7 Å². The third-order valence-corrected chi connectivity index (χ3v) is 7.76. The minimum absolute atomic E-state index is 0.157. The lowest BCUT2D eigenvalue weighted by Gasteiger charge is -2.40. The lowest BCUT2D eigenvalue weighted by Crippen LogP contribution is -2.45. The van der Waals surface area contributed by atoms with E-state index in [1.165, 1.54) is 12.8 Å². The molecule has 1 fully saturated rings. The monoisotopic (exact) mass is 509 g/mol. The highest BCUT2D eigenvalue weighted by atomic mass is 35.5. The fourth-order valence-corrected chi connectivity index (χ4v) is 6.27. The van der Waals surface area contributed by atoms with E-state index in [-0.39, 0.29) is 16.8 Å². The van der Waals surface area contributed by atoms with Gasteiger partial charge in [-0.3, -0.25) is 0 Å². The molecule has 0 saturated heterocycles. The van der Waals surface area contributed by atoms with Crippen molar-refractivity contribution in [3.8, 4) is 0 Å². The molecule has 1 aliphatic carbocycles. The number of nitrogens with one attached hydrogen (secondary N) is 1. The van der Waals surface area contributed by atoms with Gasteiger partial charge >= 0.3 is 5.97 Å². The first kappa shape index (κ1) is 26.4. The lowest BCUT2D eigenvalue weighted by molar-refractivity contribution is -0.145. The highest BCUT2D eigenvalue weighted by Crippen LogP contribution is 2.40. The number of rotatable bonds is 9. The lowest BCUT2D eigenvalue weighted by atomic mass is 9.90. The minimum atomic E-state index is -1.00. The topological polar surface area (TPSA) is 58.6 Å². The molecule has 0 bridgehead atoms. The zero-order chi connectivity index (χ0) is 24.0. The molecule has 0 radical (unpaired) electrons. The maximum Gasteiger partial charge on any atom is 0.329 e. The molecule has 7 heteroatoms. The van der Waals surface area contributed by atoms with E-state index in [9.17, 15) is 9.90 Å². The van der Waals surface area contributed by atoms with Crippen LogP contribution >= 0.6 is 35.0 Å². The van der Waals surface area contributed by atoms with E-state index in [1.54, 1.807) is 6.07 Å². The largest absolute Gasteiger partial charge is 0.480 e. The van der Waals surface area contributed by atoms with Crippen LogP contribution in [0.25, 0.3) is 0 Å². The Balaban J connectivity index is 1.99. The first-order valence-electron chi connectivity index (χ1n) is 11.4. The third kappa shape index (κ3) is 8.18. The second kappa shape index (κ2) is 11.9. The molecule has 0 aliphatic heterocycles. The van der Waals surface area contributed by atoms with Gasteiger partial charge in [-0.25, -0.2) is 4.79 Å². The number of carboxylic acid groups (broad SMARTS) is 1. The van der Waals surface area contributed by atoms with Crippen molar-refractivity contribution in [2.24, 2.45) is 0 Å². The second-order valence-electron chi connectivity index (χ2n) is 9.54. The van der Waals surface area contributed by atoms with Crippen LogP contribution in [0.15, 0.2) is 48.5 Å². The summed E-state index contributed by atoms with van der Waals surface area (Å²) in [6, 6.07) is 15.2. The van der Waals surface area contributed by atoms with Crippen LogP contribution < -0.4 is 5.32 Å². The van der Waals surface area contributed by atoms with E-state index in [2.05, 4.69) is 26.1 Å². The van der Waals surface area contributed by atoms with Gasteiger partial charge in [0.25, 0.3) is 0 Å². The summed E-state index contributed by atoms with van der Waals surface area (Å²) in [7, 11) is 0. The molecule has 0 heterocycles. The molecule has 3 rings (SSSR count). The summed E-state index contributed by atoms with van der Waals surface area (Å²) in [5.74, 6) is -1.00. The average molecular weight is 511 g/mol. The zero-order valence-electron chi connectivity index (χ0n) is 19.4. The summed E-state index contributed by atoms with van der Waals surface area (Å²) in [6.07, 6.45) is 4.10. The SMILES string of the molecule is CC(C)(C)S[C@H]1CCCC[C@@H]1N[C@H](c1ccc(Cl)cc1)[C@H](OCC(=O)O)c1cccc(Cl)c1. The molecule has 2 aromatic rings. The summed E-state index contributed by atoms with van der Waals surface area (Å²) < 4.78 is 6.17. The Morgan fingerprint density at radius 2 is 1.79 bits per heavy atom. The minimum Gasteiger partial charge on any atom is -0.480 e. The molecule has 4 nitrogen and oxygen atoms in total. The Hall–Kier alpha value is -1.24. The average Bonchev–Trinajstić information content (AvgIpc) is 2.74. The highest BCUT2D eigenvalue weighted by Gasteiger charge is 2.34. The molecule has 0 spiro atoms. The molecule has 33 heavy (non-hydrogen) atoms. The van der Waals surface area contributed by atoms with Gasteiger partial charge in [0.2, 0.25) is 0 Å². The number of halogens is 2. The zero-order valence-corrected chi connectivity index (χ0v) is 21.7. The van der Waals surface area contributed by atoms with Crippen molar-refractivity contribution in [2.75, 3.05) is 6.61 Å². The number of carbonyl (C=O) groups is 1. The van der Waals surface area contributed by atoms with Crippen molar-refractivity contribution >= 4 is 40.9 Å². The number of hydrogen-bond donors (Lipinski definition) is 2. The van der Waals surface area contributed by atoms with Gasteiger partial charge in [0.1, 0.15) is 12.7 Å². The molecule has 1 aliphatic rings. The van der Waals surface area contributed by atoms with Gasteiger partial charge in [-0.15, -0.1) is 0 Å². The summed E-state index contributed by atoms with van der Waals surface area (Å²) in [6.45, 7) is 6.37. The van der Waals surface area contributed by atoms with Crippen LogP contribution in [0.2, 0.25) is 10.0 Å². The Morgan fingerprint density at radius 1 is 1.09 bits per heavy atom. The normalized spacial score (nSPS) is 20.9. The van der Waals surface area contributed by atoms with E-state index in [4.69, 9.17) is 27.9 Å². The van der Waals surface area contributed by atoms with Crippen LogP contribution in [0, 0.1) is 0 Å². The van der Waals surface area contributed by atoms with Crippen LogP contribution in [0.1, 0.15) is 69.7 Å². The summed E-state index contributed by atoms with van der Waals surface area (Å²) in [5, 5.41) is 14.9. The maximum absolute atomic E-state index is 11.4. The molecule has 2 aromatic carbocycles. The van der Waals surface area contributed by atoms with Crippen LogP contribution in [0.3, 0.4) is 0 Å². The van der Waals surface area contributed by atoms with E-state index in [0.717, 1.165) is 24.0 Å². The van der Waals surface area contributed by atoms with Crippen molar-refractivity contribution in [1.82, 2.24) is 5.32 Å². The van der Waals surface area contributed by atoms with Gasteiger partial charge in [-0.2, -0.15) is 11.8 Å². The summed E-state index contributed by atoms with van der Waals surface area (Å²) in [5.41, 5.74) is 1.84. The first-order chi connectivity index (χ1) is 15.6. The molecule has 4 atom stereocenters. The number of carboxylic acids is 1. The van der Waals surface area contributed by atoms with Crippen molar-refractivity contribution in [3.05, 3.63) is 69.7 Å². The highest BCUT2D eigenvalue weighted by molar-refractivity contribution is 8.01. The third-order valence-electron chi connectivity index (χ3n) is 5.70. The number of benzene rings is 2. The van der Waals surface area contributed by atoms with Crippen molar-refractivity contribution < 1.29 is 14.6 Å². The predicted molar refractivity (Wildman–Crippen MR) is 138 cm³/mol. The van der Waals surface area contributed by atoms with Gasteiger partial charge in [0.05, 0.1) is 6.04 Å². The fraction of sp³-hybridized carbons (Fsp3) is 0.500. The van der Waals surface area contributed by atoms with E-state index in [0.29, 0.717) is 15.3 Å². The Bertz CT molecular complexity index is 916. The van der Waals surface area contributed by atoms with Gasteiger partial charge in [0, 0.05) is 26.1 Å². The number of thioether (sulfide) groups is 1. The van der Waals surface area contributed by atoms with Gasteiger partial charge in [0.15, 0.2) is 0 Å². The van der Waals surface area contributed by atoms with E-state index in [1.807, 2.05) is 54.2 Å². The molecule has 0 unspecified atom stereocenters. The Labute approximate surface area is 211 Å². The number of aliphatic carboxylic acids is 1. The van der Waals surface area contributed by atoms with E-state index >= 15 is 0 Å². The first-order valence-corrected chi connectivity index (χ1v) is 13.0. The molecule has 0 amide bonds. The molecule has 1 saturated carbocycles. The maximum atomic E-state index is 11.4. The Kier molecular flexibility index (Phi) is 9.54.